The normalized spacial score (nSPS) is 12.3. The SMILES string of the molecule is CC(N)Cc1c(F)cccc1Oc1cc(F)c(Cl)cc1Br. The summed E-state index contributed by atoms with van der Waals surface area (Å²) in [6, 6.07) is 6.77. The first-order valence-electron chi connectivity index (χ1n) is 6.24. The van der Waals surface area contributed by atoms with Crippen LogP contribution in [-0.2, 0) is 6.42 Å². The standard InChI is InChI=1S/C15H13BrClF2NO/c1-8(20)5-9-12(18)3-2-4-14(9)21-15-7-13(19)11(17)6-10(15)16/h2-4,6-8H,5,20H2,1H3. The molecule has 0 aliphatic heterocycles. The van der Waals surface area contributed by atoms with E-state index in [1.165, 1.54) is 18.2 Å². The zero-order chi connectivity index (χ0) is 15.6. The highest BCUT2D eigenvalue weighted by atomic mass is 79.9. The lowest BCUT2D eigenvalue weighted by Gasteiger charge is -2.15. The van der Waals surface area contributed by atoms with Gasteiger partial charge in [0.05, 0.1) is 9.50 Å². The zero-order valence-electron chi connectivity index (χ0n) is 11.2. The third-order valence-corrected chi connectivity index (χ3v) is 3.71. The Morgan fingerprint density at radius 3 is 2.62 bits per heavy atom. The van der Waals surface area contributed by atoms with E-state index >= 15 is 0 Å². The van der Waals surface area contributed by atoms with Gasteiger partial charge in [0, 0.05) is 17.7 Å². The molecular formula is C15H13BrClF2NO. The van der Waals surface area contributed by atoms with Crippen LogP contribution in [-0.4, -0.2) is 6.04 Å². The van der Waals surface area contributed by atoms with Crippen molar-refractivity contribution in [1.82, 2.24) is 0 Å². The quantitative estimate of drug-likeness (QED) is 0.757. The molecule has 1 unspecified atom stereocenters. The summed E-state index contributed by atoms with van der Waals surface area (Å²) in [5, 5.41) is -0.0238. The van der Waals surface area contributed by atoms with Gasteiger partial charge in [-0.2, -0.15) is 0 Å². The highest BCUT2D eigenvalue weighted by Crippen LogP contribution is 2.35. The van der Waals surface area contributed by atoms with Crippen LogP contribution in [0.2, 0.25) is 5.02 Å². The van der Waals surface area contributed by atoms with Gasteiger partial charge in [-0.3, -0.25) is 0 Å². The van der Waals surface area contributed by atoms with E-state index < -0.39 is 11.6 Å². The molecule has 0 amide bonds. The molecule has 2 nitrogen and oxygen atoms in total. The fourth-order valence-corrected chi connectivity index (χ4v) is 2.58. The van der Waals surface area contributed by atoms with Gasteiger partial charge in [-0.25, -0.2) is 8.78 Å². The molecule has 0 bridgehead atoms. The van der Waals surface area contributed by atoms with Crippen molar-refractivity contribution in [3.63, 3.8) is 0 Å². The minimum absolute atomic E-state index is 0.0238. The molecule has 0 heterocycles. The number of benzene rings is 2. The topological polar surface area (TPSA) is 35.2 Å². The Morgan fingerprint density at radius 1 is 1.24 bits per heavy atom. The average Bonchev–Trinajstić information content (AvgIpc) is 2.39. The van der Waals surface area contributed by atoms with Crippen LogP contribution >= 0.6 is 27.5 Å². The molecule has 2 aromatic carbocycles. The Balaban J connectivity index is 2.40. The van der Waals surface area contributed by atoms with Gasteiger partial charge < -0.3 is 10.5 Å². The summed E-state index contributed by atoms with van der Waals surface area (Å²) in [6.45, 7) is 1.77. The predicted octanol–water partition coefficient (Wildman–Crippen LogP) is 5.06. The Labute approximate surface area is 135 Å². The molecule has 0 spiro atoms. The van der Waals surface area contributed by atoms with Gasteiger partial charge in [0.1, 0.15) is 23.1 Å². The smallest absolute Gasteiger partial charge is 0.145 e. The third kappa shape index (κ3) is 3.93. The monoisotopic (exact) mass is 375 g/mol. The van der Waals surface area contributed by atoms with E-state index in [9.17, 15) is 8.78 Å². The zero-order valence-corrected chi connectivity index (χ0v) is 13.5. The van der Waals surface area contributed by atoms with E-state index in [4.69, 9.17) is 22.1 Å². The number of rotatable bonds is 4. The molecule has 2 aromatic rings. The van der Waals surface area contributed by atoms with Gasteiger partial charge >= 0.3 is 0 Å². The van der Waals surface area contributed by atoms with Crippen LogP contribution in [0.15, 0.2) is 34.8 Å². The van der Waals surface area contributed by atoms with Crippen LogP contribution in [0.5, 0.6) is 11.5 Å². The Morgan fingerprint density at radius 2 is 1.95 bits per heavy atom. The summed E-state index contributed by atoms with van der Waals surface area (Å²) in [6.07, 6.45) is 0.315. The summed E-state index contributed by atoms with van der Waals surface area (Å²) in [4.78, 5) is 0. The van der Waals surface area contributed by atoms with Crippen LogP contribution in [0.1, 0.15) is 12.5 Å². The van der Waals surface area contributed by atoms with Gasteiger partial charge in [0.2, 0.25) is 0 Å². The van der Waals surface area contributed by atoms with Crippen LogP contribution in [0, 0.1) is 11.6 Å². The van der Waals surface area contributed by atoms with E-state index in [0.717, 1.165) is 6.07 Å². The lowest BCUT2D eigenvalue weighted by Crippen LogP contribution is -2.19. The molecule has 0 fully saturated rings. The fourth-order valence-electron chi connectivity index (χ4n) is 1.86. The minimum atomic E-state index is -0.611. The van der Waals surface area contributed by atoms with Crippen LogP contribution in [0.4, 0.5) is 8.78 Å². The Kier molecular flexibility index (Phi) is 5.19. The number of hydrogen-bond donors (Lipinski definition) is 1. The van der Waals surface area contributed by atoms with Gasteiger partial charge in [-0.1, -0.05) is 17.7 Å². The van der Waals surface area contributed by atoms with Crippen molar-refractivity contribution in [2.24, 2.45) is 5.73 Å². The number of hydrogen-bond acceptors (Lipinski definition) is 2. The predicted molar refractivity (Wildman–Crippen MR) is 82.9 cm³/mol. The van der Waals surface area contributed by atoms with Crippen LogP contribution < -0.4 is 10.5 Å². The molecule has 6 heteroatoms. The lowest BCUT2D eigenvalue weighted by atomic mass is 10.1. The summed E-state index contributed by atoms with van der Waals surface area (Å²) < 4.78 is 33.5. The molecule has 21 heavy (non-hydrogen) atoms. The number of nitrogens with two attached hydrogens (primary N) is 1. The Bertz CT molecular complexity index is 664. The molecule has 2 rings (SSSR count). The van der Waals surface area contributed by atoms with Gasteiger partial charge in [-0.15, -0.1) is 0 Å². The molecule has 112 valence electrons. The minimum Gasteiger partial charge on any atom is -0.456 e. The van der Waals surface area contributed by atoms with E-state index in [2.05, 4.69) is 15.9 Å². The maximum atomic E-state index is 13.9. The molecule has 2 N–H and O–H groups in total. The van der Waals surface area contributed by atoms with Crippen molar-refractivity contribution in [3.8, 4) is 11.5 Å². The Hall–Kier alpha value is -1.17. The molecule has 1 atom stereocenters. The molecular weight excluding hydrogens is 364 g/mol. The highest BCUT2D eigenvalue weighted by molar-refractivity contribution is 9.10. The van der Waals surface area contributed by atoms with Gasteiger partial charge in [0.15, 0.2) is 0 Å². The second kappa shape index (κ2) is 6.73. The van der Waals surface area contributed by atoms with Crippen molar-refractivity contribution in [2.75, 3.05) is 0 Å². The second-order valence-electron chi connectivity index (χ2n) is 4.70. The first-order valence-corrected chi connectivity index (χ1v) is 7.41. The summed E-state index contributed by atoms with van der Waals surface area (Å²) in [5.41, 5.74) is 6.08. The van der Waals surface area contributed by atoms with Crippen LogP contribution in [0.25, 0.3) is 0 Å². The fraction of sp³-hybridized carbons (Fsp3) is 0.200. The van der Waals surface area contributed by atoms with E-state index in [1.807, 2.05) is 0 Å². The van der Waals surface area contributed by atoms with E-state index in [-0.39, 0.29) is 16.8 Å². The molecule has 0 aromatic heterocycles. The van der Waals surface area contributed by atoms with Gasteiger partial charge in [-0.05, 0) is 47.5 Å². The maximum Gasteiger partial charge on any atom is 0.145 e. The maximum absolute atomic E-state index is 13.9. The van der Waals surface area contributed by atoms with Crippen molar-refractivity contribution in [2.45, 2.75) is 19.4 Å². The highest BCUT2D eigenvalue weighted by Gasteiger charge is 2.15. The van der Waals surface area contributed by atoms with Gasteiger partial charge in [0.25, 0.3) is 0 Å². The molecule has 0 aliphatic rings. The van der Waals surface area contributed by atoms with Crippen LogP contribution in [0.3, 0.4) is 0 Å². The number of halogens is 4. The summed E-state index contributed by atoms with van der Waals surface area (Å²) in [7, 11) is 0. The summed E-state index contributed by atoms with van der Waals surface area (Å²) >= 11 is 8.92. The molecule has 0 aliphatic carbocycles. The second-order valence-corrected chi connectivity index (χ2v) is 5.96. The molecule has 0 saturated heterocycles. The lowest BCUT2D eigenvalue weighted by molar-refractivity contribution is 0.456. The third-order valence-electron chi connectivity index (χ3n) is 2.80. The summed E-state index contributed by atoms with van der Waals surface area (Å²) in [5.74, 6) is -0.501. The largest absolute Gasteiger partial charge is 0.456 e. The van der Waals surface area contributed by atoms with Crippen molar-refractivity contribution in [1.29, 1.82) is 0 Å². The average molecular weight is 377 g/mol. The molecule has 0 saturated carbocycles. The van der Waals surface area contributed by atoms with Crippen molar-refractivity contribution in [3.05, 3.63) is 57.0 Å². The van der Waals surface area contributed by atoms with E-state index in [0.29, 0.717) is 22.2 Å². The van der Waals surface area contributed by atoms with E-state index in [1.54, 1.807) is 13.0 Å². The molecule has 0 radical (unpaired) electrons. The number of ether oxygens (including phenoxy) is 1. The first-order chi connectivity index (χ1) is 9.88. The van der Waals surface area contributed by atoms with Crippen molar-refractivity contribution >= 4 is 27.5 Å². The first kappa shape index (κ1) is 16.2. The van der Waals surface area contributed by atoms with Crippen molar-refractivity contribution < 1.29 is 13.5 Å².